The Kier molecular flexibility index (Phi) is 3.85. The third-order valence-electron chi connectivity index (χ3n) is 4.66. The number of rotatable bonds is 2. The Bertz CT molecular complexity index is 805. The zero-order chi connectivity index (χ0) is 16.7. The van der Waals surface area contributed by atoms with E-state index in [9.17, 15) is 9.50 Å². The van der Waals surface area contributed by atoms with Crippen molar-refractivity contribution in [1.29, 1.82) is 0 Å². The number of aryl methyl sites for hydroxylation is 1. The summed E-state index contributed by atoms with van der Waals surface area (Å²) in [6, 6.07) is 14.5. The molecule has 0 saturated carbocycles. The van der Waals surface area contributed by atoms with E-state index in [-0.39, 0.29) is 5.82 Å². The Morgan fingerprint density at radius 1 is 1.21 bits per heavy atom. The van der Waals surface area contributed by atoms with Gasteiger partial charge in [0.1, 0.15) is 11.5 Å². The Morgan fingerprint density at radius 2 is 2.00 bits per heavy atom. The van der Waals surface area contributed by atoms with E-state index < -0.39 is 5.72 Å². The summed E-state index contributed by atoms with van der Waals surface area (Å²) in [6.45, 7) is 3.32. The van der Waals surface area contributed by atoms with Gasteiger partial charge < -0.3 is 5.11 Å². The number of aliphatic hydroxyl groups is 1. The van der Waals surface area contributed by atoms with Crippen LogP contribution in [0, 0.1) is 12.7 Å². The van der Waals surface area contributed by atoms with Crippen LogP contribution in [0.3, 0.4) is 0 Å². The number of amidine groups is 1. The summed E-state index contributed by atoms with van der Waals surface area (Å²) in [5.74, 6) is 0.765. The fraction of sp³-hybridized carbons (Fsp3) is 0.316. The van der Waals surface area contributed by atoms with Crippen LogP contribution in [0.1, 0.15) is 17.5 Å². The largest absolute Gasteiger partial charge is 0.346 e. The highest BCUT2D eigenvalue weighted by molar-refractivity contribution is 8.13. The molecule has 3 nitrogen and oxygen atoms in total. The molecule has 24 heavy (non-hydrogen) atoms. The van der Waals surface area contributed by atoms with Crippen LogP contribution in [0.5, 0.6) is 0 Å². The molecule has 1 atom stereocenters. The number of benzene rings is 2. The molecule has 5 heteroatoms. The molecule has 2 aliphatic heterocycles. The van der Waals surface area contributed by atoms with Crippen molar-refractivity contribution in [1.82, 2.24) is 0 Å². The smallest absolute Gasteiger partial charge is 0.316 e. The van der Waals surface area contributed by atoms with Crippen molar-refractivity contribution in [3.05, 3.63) is 65.5 Å². The Hall–Kier alpha value is -1.85. The average molecular weight is 343 g/mol. The highest BCUT2D eigenvalue weighted by Gasteiger charge is 2.53. The van der Waals surface area contributed by atoms with Gasteiger partial charge in [0.05, 0.1) is 6.54 Å². The van der Waals surface area contributed by atoms with Crippen molar-refractivity contribution in [2.75, 3.05) is 23.7 Å². The molecule has 0 bridgehead atoms. The number of β-amino-alcohol motifs (C(OH)–C–C–N with tert-alkyl or cyclic N) is 1. The SMILES string of the molecule is Cc1cccc(N2CC(O)(c3ccc(F)cc3)[N+]3=C2SCCC3)c1. The van der Waals surface area contributed by atoms with Crippen molar-refractivity contribution >= 4 is 22.6 Å². The first-order chi connectivity index (χ1) is 11.6. The monoisotopic (exact) mass is 343 g/mol. The predicted molar refractivity (Wildman–Crippen MR) is 96.0 cm³/mol. The van der Waals surface area contributed by atoms with Gasteiger partial charge in [0, 0.05) is 11.3 Å². The summed E-state index contributed by atoms with van der Waals surface area (Å²) >= 11 is 1.78. The van der Waals surface area contributed by atoms with Crippen molar-refractivity contribution in [2.24, 2.45) is 0 Å². The Balaban J connectivity index is 1.80. The van der Waals surface area contributed by atoms with Gasteiger partial charge in [0.2, 0.25) is 0 Å². The summed E-state index contributed by atoms with van der Waals surface area (Å²) in [5.41, 5.74) is 1.89. The molecular formula is C19H20FN2OS+. The first-order valence-electron chi connectivity index (χ1n) is 8.18. The molecule has 0 amide bonds. The fourth-order valence-corrected chi connectivity index (χ4v) is 4.64. The lowest BCUT2D eigenvalue weighted by molar-refractivity contribution is -0.656. The quantitative estimate of drug-likeness (QED) is 0.848. The zero-order valence-electron chi connectivity index (χ0n) is 13.6. The first kappa shape index (κ1) is 15.7. The summed E-state index contributed by atoms with van der Waals surface area (Å²) < 4.78 is 15.4. The van der Waals surface area contributed by atoms with Crippen molar-refractivity contribution in [3.63, 3.8) is 0 Å². The third kappa shape index (κ3) is 2.52. The van der Waals surface area contributed by atoms with E-state index >= 15 is 0 Å². The molecular weight excluding hydrogens is 323 g/mol. The molecule has 0 aliphatic carbocycles. The third-order valence-corrected chi connectivity index (χ3v) is 5.86. The van der Waals surface area contributed by atoms with Gasteiger partial charge in [0.15, 0.2) is 6.54 Å². The van der Waals surface area contributed by atoms with E-state index in [0.717, 1.165) is 35.1 Å². The number of halogens is 1. The second-order valence-corrected chi connectivity index (χ2v) is 7.45. The van der Waals surface area contributed by atoms with Crippen LogP contribution in [-0.2, 0) is 5.72 Å². The summed E-state index contributed by atoms with van der Waals surface area (Å²) in [6.07, 6.45) is 1.03. The normalized spacial score (nSPS) is 23.5. The Morgan fingerprint density at radius 3 is 2.75 bits per heavy atom. The van der Waals surface area contributed by atoms with Crippen LogP contribution in [0.25, 0.3) is 0 Å². The fourth-order valence-electron chi connectivity index (χ4n) is 3.46. The van der Waals surface area contributed by atoms with Crippen LogP contribution in [-0.4, -0.2) is 33.7 Å². The first-order valence-corrected chi connectivity index (χ1v) is 9.16. The maximum absolute atomic E-state index is 13.3. The van der Waals surface area contributed by atoms with Crippen molar-refractivity contribution < 1.29 is 14.1 Å². The van der Waals surface area contributed by atoms with Crippen LogP contribution >= 0.6 is 11.8 Å². The lowest BCUT2D eigenvalue weighted by Crippen LogP contribution is -2.41. The average Bonchev–Trinajstić information content (AvgIpc) is 2.90. The van der Waals surface area contributed by atoms with Crippen LogP contribution in [0.4, 0.5) is 10.1 Å². The van der Waals surface area contributed by atoms with Gasteiger partial charge in [-0.1, -0.05) is 12.1 Å². The molecule has 0 saturated heterocycles. The summed E-state index contributed by atoms with van der Waals surface area (Å²) in [5, 5.41) is 12.6. The number of anilines is 1. The molecule has 2 aromatic carbocycles. The molecule has 1 N–H and O–H groups in total. The van der Waals surface area contributed by atoms with E-state index in [2.05, 4.69) is 34.6 Å². The molecule has 0 aromatic heterocycles. The van der Waals surface area contributed by atoms with Crippen LogP contribution in [0.15, 0.2) is 48.5 Å². The minimum absolute atomic E-state index is 0.284. The molecule has 0 fully saturated rings. The Labute approximate surface area is 145 Å². The van der Waals surface area contributed by atoms with E-state index in [1.165, 1.54) is 17.7 Å². The van der Waals surface area contributed by atoms with Gasteiger partial charge in [-0.2, -0.15) is 0 Å². The molecule has 0 radical (unpaired) electrons. The number of thioether (sulfide) groups is 1. The summed E-state index contributed by atoms with van der Waals surface area (Å²) in [7, 11) is 0. The topological polar surface area (TPSA) is 26.5 Å². The van der Waals surface area contributed by atoms with Crippen LogP contribution in [0.2, 0.25) is 0 Å². The van der Waals surface area contributed by atoms with E-state index in [4.69, 9.17) is 0 Å². The minimum atomic E-state index is -1.12. The second kappa shape index (κ2) is 5.90. The van der Waals surface area contributed by atoms with Gasteiger partial charge in [0.25, 0.3) is 5.72 Å². The highest BCUT2D eigenvalue weighted by atomic mass is 32.2. The van der Waals surface area contributed by atoms with Gasteiger partial charge >= 0.3 is 5.17 Å². The molecule has 2 heterocycles. The maximum Gasteiger partial charge on any atom is 0.316 e. The van der Waals surface area contributed by atoms with Gasteiger partial charge in [-0.25, -0.2) is 13.9 Å². The molecule has 2 aromatic rings. The van der Waals surface area contributed by atoms with Gasteiger partial charge in [-0.3, -0.25) is 0 Å². The zero-order valence-corrected chi connectivity index (χ0v) is 14.4. The second-order valence-electron chi connectivity index (χ2n) is 6.38. The highest BCUT2D eigenvalue weighted by Crippen LogP contribution is 2.37. The molecule has 0 spiro atoms. The predicted octanol–water partition coefficient (Wildman–Crippen LogP) is 3.30. The number of hydrogen-bond acceptors (Lipinski definition) is 3. The standard InChI is InChI=1S/C19H20FN2OS/c1-14-4-2-5-17(12-14)21-13-19(23,15-6-8-16(20)9-7-15)22-10-3-11-24-18(21)22/h2,4-9,12,23H,3,10-11,13H2,1H3/q+1. The van der Waals surface area contributed by atoms with E-state index in [1.807, 2.05) is 6.07 Å². The minimum Gasteiger partial charge on any atom is -0.346 e. The van der Waals surface area contributed by atoms with E-state index in [1.54, 1.807) is 23.9 Å². The number of nitrogens with zero attached hydrogens (tertiary/aromatic N) is 2. The van der Waals surface area contributed by atoms with Crippen molar-refractivity contribution in [2.45, 2.75) is 19.1 Å². The lowest BCUT2D eigenvalue weighted by atomic mass is 10.0. The van der Waals surface area contributed by atoms with Crippen LogP contribution < -0.4 is 4.90 Å². The molecule has 124 valence electrons. The van der Waals surface area contributed by atoms with E-state index in [0.29, 0.717) is 6.54 Å². The molecule has 4 rings (SSSR count). The molecule has 2 aliphatic rings. The summed E-state index contributed by atoms with van der Waals surface area (Å²) in [4.78, 5) is 2.18. The van der Waals surface area contributed by atoms with Gasteiger partial charge in [-0.05, 0) is 67.1 Å². The molecule has 1 unspecified atom stereocenters. The van der Waals surface area contributed by atoms with Gasteiger partial charge in [-0.15, -0.1) is 0 Å². The number of hydrogen-bond donors (Lipinski definition) is 1. The van der Waals surface area contributed by atoms with Crippen molar-refractivity contribution in [3.8, 4) is 0 Å². The lowest BCUT2D eigenvalue weighted by Gasteiger charge is -2.24. The maximum atomic E-state index is 13.3.